The van der Waals surface area contributed by atoms with Gasteiger partial charge in [-0.25, -0.2) is 0 Å². The van der Waals surface area contributed by atoms with Crippen LogP contribution in [0.3, 0.4) is 0 Å². The van der Waals surface area contributed by atoms with E-state index >= 15 is 0 Å². The van der Waals surface area contributed by atoms with E-state index in [0.29, 0.717) is 26.1 Å². The highest BCUT2D eigenvalue weighted by molar-refractivity contribution is 6.05. The van der Waals surface area contributed by atoms with Crippen LogP contribution < -0.4 is 5.73 Å². The number of likely N-dealkylation sites (tertiary alicyclic amines) is 2. The summed E-state index contributed by atoms with van der Waals surface area (Å²) in [6.45, 7) is 1.50. The van der Waals surface area contributed by atoms with Gasteiger partial charge in [0.1, 0.15) is 0 Å². The molecule has 94 valence electrons. The molecule has 17 heavy (non-hydrogen) atoms. The Balaban J connectivity index is 2.05. The Morgan fingerprint density at radius 1 is 1.47 bits per heavy atom. The Morgan fingerprint density at radius 2 is 2.12 bits per heavy atom. The van der Waals surface area contributed by atoms with Crippen molar-refractivity contribution in [2.24, 2.45) is 22.7 Å². The third kappa shape index (κ3) is 1.97. The monoisotopic (exact) mass is 240 g/mol. The second kappa shape index (κ2) is 4.33. The number of amidine groups is 1. The topological polar surface area (TPSA) is 99.2 Å². The molecule has 7 nitrogen and oxygen atoms in total. The average Bonchev–Trinajstić information content (AvgIpc) is 2.54. The van der Waals surface area contributed by atoms with Crippen molar-refractivity contribution in [1.29, 1.82) is 0 Å². The number of nitrogens with two attached hydrogens (primary N) is 1. The van der Waals surface area contributed by atoms with Crippen LogP contribution in [0, 0.1) is 11.8 Å². The second-order valence-corrected chi connectivity index (χ2v) is 4.56. The van der Waals surface area contributed by atoms with Crippen molar-refractivity contribution in [3.05, 3.63) is 0 Å². The first kappa shape index (κ1) is 11.8. The van der Waals surface area contributed by atoms with Crippen molar-refractivity contribution in [1.82, 2.24) is 9.80 Å². The van der Waals surface area contributed by atoms with Crippen molar-refractivity contribution in [3.8, 4) is 0 Å². The van der Waals surface area contributed by atoms with Gasteiger partial charge < -0.3 is 10.9 Å². The lowest BCUT2D eigenvalue weighted by atomic mass is 9.88. The van der Waals surface area contributed by atoms with E-state index in [4.69, 9.17) is 10.9 Å². The maximum absolute atomic E-state index is 11.8. The molecule has 2 amide bonds. The number of nitrogens with zero attached hydrogens (tertiary/aromatic N) is 3. The van der Waals surface area contributed by atoms with E-state index in [1.807, 2.05) is 4.90 Å². The zero-order chi connectivity index (χ0) is 12.6. The molecule has 2 saturated heterocycles. The molecule has 0 radical (unpaired) electrons. The van der Waals surface area contributed by atoms with Gasteiger partial charge in [0.2, 0.25) is 11.8 Å². The summed E-state index contributed by atoms with van der Waals surface area (Å²) in [4.78, 5) is 26.7. The van der Waals surface area contributed by atoms with Crippen molar-refractivity contribution < 1.29 is 14.8 Å². The number of carbonyl (C=O) groups is 2. The zero-order valence-electron chi connectivity index (χ0n) is 9.67. The van der Waals surface area contributed by atoms with E-state index in [1.54, 1.807) is 0 Å². The number of hydrogen-bond donors (Lipinski definition) is 2. The summed E-state index contributed by atoms with van der Waals surface area (Å²) >= 11 is 0. The number of carbonyl (C=O) groups excluding carboxylic acids is 2. The van der Waals surface area contributed by atoms with E-state index in [2.05, 4.69) is 5.16 Å². The molecule has 2 aliphatic rings. The molecule has 0 saturated carbocycles. The summed E-state index contributed by atoms with van der Waals surface area (Å²) in [5.74, 6) is -0.537. The highest BCUT2D eigenvalue weighted by Gasteiger charge is 2.48. The van der Waals surface area contributed by atoms with Crippen molar-refractivity contribution in [3.63, 3.8) is 0 Å². The Kier molecular flexibility index (Phi) is 3.01. The number of rotatable bonds is 2. The molecule has 0 aromatic carbocycles. The molecular formula is C10H16N4O3. The van der Waals surface area contributed by atoms with Crippen LogP contribution in [-0.4, -0.2) is 59.3 Å². The lowest BCUT2D eigenvalue weighted by molar-refractivity contribution is -0.138. The van der Waals surface area contributed by atoms with Crippen molar-refractivity contribution in [2.45, 2.75) is 6.42 Å². The summed E-state index contributed by atoms with van der Waals surface area (Å²) in [5, 5.41) is 11.4. The quantitative estimate of drug-likeness (QED) is 0.205. The van der Waals surface area contributed by atoms with Gasteiger partial charge in [-0.3, -0.25) is 19.4 Å². The molecule has 7 heteroatoms. The Morgan fingerprint density at radius 3 is 2.76 bits per heavy atom. The molecule has 2 aliphatic heterocycles. The second-order valence-electron chi connectivity index (χ2n) is 4.56. The minimum atomic E-state index is -0.271. The molecule has 0 aromatic rings. The Hall–Kier alpha value is -1.63. The van der Waals surface area contributed by atoms with E-state index in [9.17, 15) is 9.59 Å². The lowest BCUT2D eigenvalue weighted by Gasteiger charge is -2.31. The minimum Gasteiger partial charge on any atom is -0.409 e. The van der Waals surface area contributed by atoms with E-state index < -0.39 is 0 Å². The normalized spacial score (nSPS) is 30.9. The molecular weight excluding hydrogens is 224 g/mol. The minimum absolute atomic E-state index is 0.0801. The fourth-order valence-electron chi connectivity index (χ4n) is 2.58. The van der Waals surface area contributed by atoms with Crippen molar-refractivity contribution >= 4 is 17.6 Å². The van der Waals surface area contributed by atoms with Crippen LogP contribution in [0.4, 0.5) is 0 Å². The highest BCUT2D eigenvalue weighted by atomic mass is 16.4. The zero-order valence-corrected chi connectivity index (χ0v) is 9.67. The van der Waals surface area contributed by atoms with Gasteiger partial charge in [-0.1, -0.05) is 5.16 Å². The predicted octanol–water partition coefficient (Wildman–Crippen LogP) is -1.33. The lowest BCUT2D eigenvalue weighted by Crippen LogP contribution is -2.45. The SMILES string of the molecule is CN1C(=O)[C@H]2CCN(CC(N)=NO)C[C@H]2C1=O. The van der Waals surface area contributed by atoms with Crippen LogP contribution in [-0.2, 0) is 9.59 Å². The van der Waals surface area contributed by atoms with Crippen LogP contribution in [0.2, 0.25) is 0 Å². The van der Waals surface area contributed by atoms with Crippen LogP contribution in [0.15, 0.2) is 5.16 Å². The molecule has 0 bridgehead atoms. The third-order valence-electron chi connectivity index (χ3n) is 3.51. The number of fused-ring (bicyclic) bond motifs is 1. The van der Waals surface area contributed by atoms with E-state index in [-0.39, 0.29) is 29.5 Å². The van der Waals surface area contributed by atoms with Gasteiger partial charge in [0.05, 0.1) is 18.4 Å². The number of hydrogen-bond acceptors (Lipinski definition) is 5. The summed E-state index contributed by atoms with van der Waals surface area (Å²) in [6.07, 6.45) is 0.651. The fourth-order valence-corrected chi connectivity index (χ4v) is 2.58. The highest BCUT2D eigenvalue weighted by Crippen LogP contribution is 2.32. The van der Waals surface area contributed by atoms with Gasteiger partial charge in [-0.15, -0.1) is 0 Å². The first-order chi connectivity index (χ1) is 8.04. The molecule has 2 fully saturated rings. The predicted molar refractivity (Wildman–Crippen MR) is 59.2 cm³/mol. The fraction of sp³-hybridized carbons (Fsp3) is 0.700. The third-order valence-corrected chi connectivity index (χ3v) is 3.51. The molecule has 0 aromatic heterocycles. The molecule has 0 spiro atoms. The van der Waals surface area contributed by atoms with E-state index in [0.717, 1.165) is 0 Å². The smallest absolute Gasteiger partial charge is 0.234 e. The van der Waals surface area contributed by atoms with Gasteiger partial charge in [0, 0.05) is 13.6 Å². The number of imide groups is 1. The molecule has 0 unspecified atom stereocenters. The first-order valence-electron chi connectivity index (χ1n) is 5.54. The molecule has 2 rings (SSSR count). The summed E-state index contributed by atoms with van der Waals surface area (Å²) in [5.41, 5.74) is 5.43. The Labute approximate surface area is 98.8 Å². The summed E-state index contributed by atoms with van der Waals surface area (Å²) in [6, 6.07) is 0. The maximum atomic E-state index is 11.8. The number of amides is 2. The first-order valence-corrected chi connectivity index (χ1v) is 5.54. The summed E-state index contributed by atoms with van der Waals surface area (Å²) < 4.78 is 0. The summed E-state index contributed by atoms with van der Waals surface area (Å²) in [7, 11) is 1.52. The van der Waals surface area contributed by atoms with Crippen molar-refractivity contribution in [2.75, 3.05) is 26.7 Å². The Bertz CT molecular complexity index is 382. The van der Waals surface area contributed by atoms with Gasteiger partial charge in [-0.2, -0.15) is 0 Å². The van der Waals surface area contributed by atoms with Crippen LogP contribution in [0.5, 0.6) is 0 Å². The maximum Gasteiger partial charge on any atom is 0.234 e. The van der Waals surface area contributed by atoms with Crippen LogP contribution >= 0.6 is 0 Å². The average molecular weight is 240 g/mol. The standard InChI is InChI=1S/C10H16N4O3/c1-13-9(15)6-2-3-14(5-8(11)12-17)4-7(6)10(13)16/h6-7,17H,2-5H2,1H3,(H2,11,12)/t6-,7+/m0/s1. The van der Waals surface area contributed by atoms with E-state index in [1.165, 1.54) is 11.9 Å². The van der Waals surface area contributed by atoms with Crippen LogP contribution in [0.25, 0.3) is 0 Å². The van der Waals surface area contributed by atoms with Gasteiger partial charge in [0.25, 0.3) is 0 Å². The van der Waals surface area contributed by atoms with Gasteiger partial charge in [-0.05, 0) is 13.0 Å². The molecule has 0 aliphatic carbocycles. The molecule has 2 heterocycles. The van der Waals surface area contributed by atoms with Gasteiger partial charge in [0.15, 0.2) is 5.84 Å². The van der Waals surface area contributed by atoms with Crippen LogP contribution in [0.1, 0.15) is 6.42 Å². The largest absolute Gasteiger partial charge is 0.409 e. The number of piperidine rings is 1. The molecule has 3 N–H and O–H groups in total. The number of oxime groups is 1. The van der Waals surface area contributed by atoms with Gasteiger partial charge >= 0.3 is 0 Å². The molecule has 2 atom stereocenters.